The van der Waals surface area contributed by atoms with Crippen LogP contribution in [0.4, 0.5) is 8.78 Å². The van der Waals surface area contributed by atoms with Crippen molar-refractivity contribution in [1.29, 1.82) is 0 Å². The van der Waals surface area contributed by atoms with Crippen LogP contribution in [0.1, 0.15) is 25.0 Å². The van der Waals surface area contributed by atoms with Crippen molar-refractivity contribution in [2.24, 2.45) is 0 Å². The molecule has 13 heavy (non-hydrogen) atoms. The van der Waals surface area contributed by atoms with Gasteiger partial charge in [-0.15, -0.1) is 0 Å². The maximum atomic E-state index is 12.8. The summed E-state index contributed by atoms with van der Waals surface area (Å²) < 4.78 is 25.6. The van der Waals surface area contributed by atoms with Gasteiger partial charge >= 0.3 is 0 Å². The van der Waals surface area contributed by atoms with Crippen molar-refractivity contribution in [2.45, 2.75) is 26.2 Å². The third-order valence-electron chi connectivity index (χ3n) is 1.94. The Kier molecular flexibility index (Phi) is 2.91. The Morgan fingerprint density at radius 3 is 2.38 bits per heavy atom. The molecule has 0 fully saturated rings. The molecule has 0 unspecified atom stereocenters. The van der Waals surface area contributed by atoms with E-state index in [1.165, 1.54) is 12.1 Å². The van der Waals surface area contributed by atoms with Gasteiger partial charge in [0.25, 0.3) is 5.92 Å². The van der Waals surface area contributed by atoms with Crippen molar-refractivity contribution in [3.8, 4) is 0 Å². The average molecular weight is 205 g/mol. The highest BCUT2D eigenvalue weighted by Gasteiger charge is 2.24. The van der Waals surface area contributed by atoms with E-state index in [9.17, 15) is 8.78 Å². The average Bonchev–Trinajstić information content (AvgIpc) is 2.02. The molecular weight excluding hydrogens is 194 g/mol. The van der Waals surface area contributed by atoms with Gasteiger partial charge in [0.2, 0.25) is 0 Å². The number of halogens is 3. The first-order valence-corrected chi connectivity index (χ1v) is 4.49. The smallest absolute Gasteiger partial charge is 0.202 e. The van der Waals surface area contributed by atoms with Gasteiger partial charge in [-0.25, -0.2) is 8.78 Å². The summed E-state index contributed by atoms with van der Waals surface area (Å²) in [5.41, 5.74) is 0.865. The first-order valence-electron chi connectivity index (χ1n) is 4.12. The van der Waals surface area contributed by atoms with Gasteiger partial charge in [-0.05, 0) is 18.1 Å². The number of hydrogen-bond acceptors (Lipinski definition) is 0. The first-order chi connectivity index (χ1) is 5.95. The van der Waals surface area contributed by atoms with E-state index >= 15 is 0 Å². The Bertz CT molecular complexity index is 302. The highest BCUT2D eigenvalue weighted by molar-refractivity contribution is 6.31. The number of hydrogen-bond donors (Lipinski definition) is 0. The van der Waals surface area contributed by atoms with Gasteiger partial charge in [0, 0.05) is 17.5 Å². The van der Waals surface area contributed by atoms with Gasteiger partial charge in [-0.2, -0.15) is 0 Å². The molecule has 1 aromatic rings. The predicted octanol–water partition coefficient (Wildman–Crippen LogP) is 4.01. The summed E-state index contributed by atoms with van der Waals surface area (Å²) in [7, 11) is 0. The summed E-state index contributed by atoms with van der Waals surface area (Å²) in [5.74, 6) is -2.81. The Balaban J connectivity index is 3.10. The second-order valence-corrected chi connectivity index (χ2v) is 3.46. The van der Waals surface area contributed by atoms with E-state index in [-0.39, 0.29) is 5.56 Å². The summed E-state index contributed by atoms with van der Waals surface area (Å²) in [5, 5.41) is 0.418. The van der Waals surface area contributed by atoms with Crippen LogP contribution < -0.4 is 0 Å². The second kappa shape index (κ2) is 3.62. The van der Waals surface area contributed by atoms with Crippen molar-refractivity contribution in [1.82, 2.24) is 0 Å². The number of benzene rings is 1. The fourth-order valence-electron chi connectivity index (χ4n) is 1.11. The SMILES string of the molecule is CCc1ccc(C(C)(F)F)cc1Cl. The molecule has 0 spiro atoms. The molecular formula is C10H11ClF2. The van der Waals surface area contributed by atoms with Crippen LogP contribution in [0.15, 0.2) is 18.2 Å². The van der Waals surface area contributed by atoms with Crippen LogP contribution in [0.2, 0.25) is 5.02 Å². The maximum Gasteiger partial charge on any atom is 0.270 e. The van der Waals surface area contributed by atoms with Gasteiger partial charge in [-0.3, -0.25) is 0 Å². The largest absolute Gasteiger partial charge is 0.270 e. The summed E-state index contributed by atoms with van der Waals surface area (Å²) in [6, 6.07) is 4.40. The minimum atomic E-state index is -2.81. The molecule has 0 aromatic heterocycles. The van der Waals surface area contributed by atoms with Crippen molar-refractivity contribution >= 4 is 11.6 Å². The summed E-state index contributed by atoms with van der Waals surface area (Å²) in [6.07, 6.45) is 0.758. The lowest BCUT2D eigenvalue weighted by molar-refractivity contribution is 0.0175. The highest BCUT2D eigenvalue weighted by atomic mass is 35.5. The fraction of sp³-hybridized carbons (Fsp3) is 0.400. The Morgan fingerprint density at radius 1 is 1.38 bits per heavy atom. The Hall–Kier alpha value is -0.630. The van der Waals surface area contributed by atoms with Crippen LogP contribution >= 0.6 is 11.6 Å². The van der Waals surface area contributed by atoms with E-state index in [1.807, 2.05) is 6.92 Å². The Morgan fingerprint density at radius 2 is 2.00 bits per heavy atom. The van der Waals surface area contributed by atoms with Crippen molar-refractivity contribution in [2.75, 3.05) is 0 Å². The second-order valence-electron chi connectivity index (χ2n) is 3.05. The standard InChI is InChI=1S/C10H11ClF2/c1-3-7-4-5-8(6-9(7)11)10(2,12)13/h4-6H,3H2,1-2H3. The fourth-order valence-corrected chi connectivity index (χ4v) is 1.42. The van der Waals surface area contributed by atoms with E-state index in [4.69, 9.17) is 11.6 Å². The molecule has 1 aromatic carbocycles. The summed E-state index contributed by atoms with van der Waals surface area (Å²) in [6.45, 7) is 2.80. The minimum absolute atomic E-state index is 0.0327. The molecule has 0 radical (unpaired) electrons. The molecule has 3 heteroatoms. The maximum absolute atomic E-state index is 12.8. The van der Waals surface area contributed by atoms with E-state index < -0.39 is 5.92 Å². The van der Waals surface area contributed by atoms with Crippen LogP contribution in [-0.4, -0.2) is 0 Å². The zero-order valence-electron chi connectivity index (χ0n) is 7.57. The molecule has 0 aliphatic carbocycles. The van der Waals surface area contributed by atoms with E-state index in [0.29, 0.717) is 5.02 Å². The molecule has 0 aliphatic heterocycles. The molecule has 0 saturated heterocycles. The predicted molar refractivity (Wildman–Crippen MR) is 50.4 cm³/mol. The lowest BCUT2D eigenvalue weighted by atomic mass is 10.1. The zero-order valence-corrected chi connectivity index (χ0v) is 8.33. The summed E-state index contributed by atoms with van der Waals surface area (Å²) in [4.78, 5) is 0. The molecule has 0 bridgehead atoms. The van der Waals surface area contributed by atoms with Gasteiger partial charge in [0.05, 0.1) is 0 Å². The van der Waals surface area contributed by atoms with Crippen molar-refractivity contribution in [3.05, 3.63) is 34.3 Å². The van der Waals surface area contributed by atoms with E-state index in [2.05, 4.69) is 0 Å². The van der Waals surface area contributed by atoms with Gasteiger partial charge < -0.3 is 0 Å². The van der Waals surface area contributed by atoms with Crippen LogP contribution in [0, 0.1) is 0 Å². The van der Waals surface area contributed by atoms with Crippen LogP contribution in [0.5, 0.6) is 0 Å². The highest BCUT2D eigenvalue weighted by Crippen LogP contribution is 2.30. The molecule has 0 saturated carbocycles. The van der Waals surface area contributed by atoms with E-state index in [1.54, 1.807) is 6.07 Å². The van der Waals surface area contributed by atoms with Gasteiger partial charge in [-0.1, -0.05) is 30.7 Å². The van der Waals surface area contributed by atoms with Gasteiger partial charge in [0.1, 0.15) is 0 Å². The number of rotatable bonds is 2. The molecule has 0 aliphatic rings. The molecule has 1 rings (SSSR count). The first kappa shape index (κ1) is 10.5. The molecule has 0 atom stereocenters. The van der Waals surface area contributed by atoms with Crippen LogP contribution in [0.25, 0.3) is 0 Å². The lowest BCUT2D eigenvalue weighted by Gasteiger charge is -2.11. The third kappa shape index (κ3) is 2.41. The van der Waals surface area contributed by atoms with Gasteiger partial charge in [0.15, 0.2) is 0 Å². The topological polar surface area (TPSA) is 0 Å². The quantitative estimate of drug-likeness (QED) is 0.683. The molecule has 0 heterocycles. The molecule has 0 amide bonds. The van der Waals surface area contributed by atoms with Crippen molar-refractivity contribution in [3.63, 3.8) is 0 Å². The monoisotopic (exact) mass is 204 g/mol. The van der Waals surface area contributed by atoms with Crippen LogP contribution in [-0.2, 0) is 12.3 Å². The lowest BCUT2D eigenvalue weighted by Crippen LogP contribution is -2.06. The number of aryl methyl sites for hydroxylation is 1. The minimum Gasteiger partial charge on any atom is -0.202 e. The zero-order chi connectivity index (χ0) is 10.1. The van der Waals surface area contributed by atoms with Crippen molar-refractivity contribution < 1.29 is 8.78 Å². The Labute approximate surface area is 81.5 Å². The molecule has 0 N–H and O–H groups in total. The third-order valence-corrected chi connectivity index (χ3v) is 2.29. The van der Waals surface area contributed by atoms with E-state index in [0.717, 1.165) is 18.9 Å². The number of alkyl halides is 2. The van der Waals surface area contributed by atoms with Crippen LogP contribution in [0.3, 0.4) is 0 Å². The molecule has 72 valence electrons. The molecule has 0 nitrogen and oxygen atoms in total. The summed E-state index contributed by atoms with van der Waals surface area (Å²) >= 11 is 5.80. The normalized spacial score (nSPS) is 11.8.